The average molecular weight is 361 g/mol. The minimum Gasteiger partial charge on any atom is -0.349 e. The number of rotatable bonds is 5. The zero-order valence-corrected chi connectivity index (χ0v) is 15.3. The van der Waals surface area contributed by atoms with E-state index < -0.39 is 0 Å². The van der Waals surface area contributed by atoms with Gasteiger partial charge in [-0.2, -0.15) is 5.10 Å². The van der Waals surface area contributed by atoms with Crippen LogP contribution in [0.3, 0.4) is 0 Å². The lowest BCUT2D eigenvalue weighted by atomic mass is 10.1. The molecule has 0 radical (unpaired) electrons. The van der Waals surface area contributed by atoms with E-state index in [1.54, 1.807) is 22.9 Å². The smallest absolute Gasteiger partial charge is 0.253 e. The van der Waals surface area contributed by atoms with Crippen molar-refractivity contribution in [2.75, 3.05) is 5.32 Å². The number of benzene rings is 1. The molecule has 0 saturated heterocycles. The third-order valence-corrected chi connectivity index (χ3v) is 4.72. The van der Waals surface area contributed by atoms with E-state index in [9.17, 15) is 9.59 Å². The molecule has 0 spiro atoms. The number of hydrogen-bond donors (Lipinski definition) is 2. The SMILES string of the molecule is Cc1nn(C)c(C)c1CC(=O)Nc1ccc(C(=O)NC2CC2)c(Cl)c1. The van der Waals surface area contributed by atoms with Gasteiger partial charge in [-0.1, -0.05) is 11.6 Å². The maximum Gasteiger partial charge on any atom is 0.253 e. The molecular weight excluding hydrogens is 340 g/mol. The van der Waals surface area contributed by atoms with Crippen LogP contribution in [-0.4, -0.2) is 27.6 Å². The molecule has 1 aliphatic rings. The number of carbonyl (C=O) groups excluding carboxylic acids is 2. The Balaban J connectivity index is 1.67. The zero-order valence-electron chi connectivity index (χ0n) is 14.5. The molecule has 0 unspecified atom stereocenters. The predicted molar refractivity (Wildman–Crippen MR) is 97.0 cm³/mol. The summed E-state index contributed by atoms with van der Waals surface area (Å²) >= 11 is 6.20. The van der Waals surface area contributed by atoms with Gasteiger partial charge in [0.05, 0.1) is 22.7 Å². The van der Waals surface area contributed by atoms with E-state index in [-0.39, 0.29) is 24.3 Å². The summed E-state index contributed by atoms with van der Waals surface area (Å²) in [6.45, 7) is 3.83. The molecule has 0 bridgehead atoms. The lowest BCUT2D eigenvalue weighted by Gasteiger charge is -2.09. The van der Waals surface area contributed by atoms with Crippen molar-refractivity contribution in [1.29, 1.82) is 0 Å². The summed E-state index contributed by atoms with van der Waals surface area (Å²) in [6, 6.07) is 5.20. The van der Waals surface area contributed by atoms with E-state index in [2.05, 4.69) is 15.7 Å². The van der Waals surface area contributed by atoms with Crippen LogP contribution in [0.5, 0.6) is 0 Å². The molecule has 1 aliphatic carbocycles. The number of aryl methyl sites for hydroxylation is 2. The van der Waals surface area contributed by atoms with Crippen molar-refractivity contribution >= 4 is 29.1 Å². The fraction of sp³-hybridized carbons (Fsp3) is 0.389. The van der Waals surface area contributed by atoms with Crippen molar-refractivity contribution in [1.82, 2.24) is 15.1 Å². The summed E-state index contributed by atoms with van der Waals surface area (Å²) in [5, 5.41) is 10.4. The number of halogens is 1. The van der Waals surface area contributed by atoms with Crippen molar-refractivity contribution in [2.45, 2.75) is 39.2 Å². The zero-order chi connectivity index (χ0) is 18.1. The van der Waals surface area contributed by atoms with Gasteiger partial charge in [-0.25, -0.2) is 0 Å². The summed E-state index contributed by atoms with van der Waals surface area (Å²) in [4.78, 5) is 24.4. The highest BCUT2D eigenvalue weighted by Crippen LogP contribution is 2.24. The van der Waals surface area contributed by atoms with Gasteiger partial charge < -0.3 is 10.6 Å². The number of aromatic nitrogens is 2. The second-order valence-electron chi connectivity index (χ2n) is 6.44. The number of amides is 2. The van der Waals surface area contributed by atoms with Crippen LogP contribution in [-0.2, 0) is 18.3 Å². The molecular formula is C18H21ClN4O2. The van der Waals surface area contributed by atoms with Crippen LogP contribution in [0.4, 0.5) is 5.69 Å². The highest BCUT2D eigenvalue weighted by molar-refractivity contribution is 6.34. The Hall–Kier alpha value is -2.34. The maximum absolute atomic E-state index is 12.3. The monoisotopic (exact) mass is 360 g/mol. The average Bonchev–Trinajstić information content (AvgIpc) is 3.31. The van der Waals surface area contributed by atoms with Crippen molar-refractivity contribution in [3.63, 3.8) is 0 Å². The second kappa shape index (κ2) is 6.88. The Morgan fingerprint density at radius 1 is 1.32 bits per heavy atom. The predicted octanol–water partition coefficient (Wildman–Crippen LogP) is 2.76. The van der Waals surface area contributed by atoms with Gasteiger partial charge in [0.2, 0.25) is 5.91 Å². The lowest BCUT2D eigenvalue weighted by molar-refractivity contribution is -0.115. The first kappa shape index (κ1) is 17.5. The van der Waals surface area contributed by atoms with E-state index in [0.717, 1.165) is 29.8 Å². The number of nitrogens with zero attached hydrogens (tertiary/aromatic N) is 2. The van der Waals surface area contributed by atoms with E-state index in [0.29, 0.717) is 16.3 Å². The number of nitrogens with one attached hydrogen (secondary N) is 2. The first-order valence-electron chi connectivity index (χ1n) is 8.24. The number of carbonyl (C=O) groups is 2. The van der Waals surface area contributed by atoms with Gasteiger partial charge in [0.1, 0.15) is 0 Å². The summed E-state index contributed by atoms with van der Waals surface area (Å²) in [5.41, 5.74) is 3.73. The lowest BCUT2D eigenvalue weighted by Crippen LogP contribution is -2.25. The van der Waals surface area contributed by atoms with Crippen LogP contribution in [0.25, 0.3) is 0 Å². The van der Waals surface area contributed by atoms with Crippen molar-refractivity contribution in [3.8, 4) is 0 Å². The van der Waals surface area contributed by atoms with Gasteiger partial charge in [0.15, 0.2) is 0 Å². The third-order valence-electron chi connectivity index (χ3n) is 4.41. The minimum absolute atomic E-state index is 0.148. The minimum atomic E-state index is -0.174. The van der Waals surface area contributed by atoms with E-state index in [1.165, 1.54) is 0 Å². The molecule has 2 aromatic rings. The van der Waals surface area contributed by atoms with E-state index in [1.807, 2.05) is 20.9 Å². The first-order valence-corrected chi connectivity index (χ1v) is 8.62. The summed E-state index contributed by atoms with van der Waals surface area (Å²) in [5.74, 6) is -0.322. The van der Waals surface area contributed by atoms with Crippen molar-refractivity contribution in [2.24, 2.45) is 7.05 Å². The molecule has 1 aromatic carbocycles. The fourth-order valence-corrected chi connectivity index (χ4v) is 2.97. The topological polar surface area (TPSA) is 76.0 Å². The maximum atomic E-state index is 12.3. The standard InChI is InChI=1S/C18H21ClN4O2/c1-10-15(11(2)23(3)22-10)9-17(24)20-13-6-7-14(16(19)8-13)18(25)21-12-4-5-12/h6-8,12H,4-5,9H2,1-3H3,(H,20,24)(H,21,25). The summed E-state index contributed by atoms with van der Waals surface area (Å²) in [7, 11) is 1.86. The molecule has 0 aliphatic heterocycles. The second-order valence-corrected chi connectivity index (χ2v) is 6.85. The Morgan fingerprint density at radius 2 is 2.04 bits per heavy atom. The normalized spacial score (nSPS) is 13.6. The molecule has 1 fully saturated rings. The molecule has 0 atom stereocenters. The molecule has 2 amide bonds. The van der Waals surface area contributed by atoms with Crippen LogP contribution < -0.4 is 10.6 Å². The molecule has 6 nitrogen and oxygen atoms in total. The molecule has 1 aromatic heterocycles. The largest absolute Gasteiger partial charge is 0.349 e. The van der Waals surface area contributed by atoms with Gasteiger partial charge in [-0.05, 0) is 44.9 Å². The quantitative estimate of drug-likeness (QED) is 0.860. The summed E-state index contributed by atoms with van der Waals surface area (Å²) in [6.07, 6.45) is 2.28. The van der Waals surface area contributed by atoms with E-state index >= 15 is 0 Å². The first-order chi connectivity index (χ1) is 11.8. The molecule has 2 N–H and O–H groups in total. The number of hydrogen-bond acceptors (Lipinski definition) is 3. The summed E-state index contributed by atoms with van der Waals surface area (Å²) < 4.78 is 1.77. The molecule has 3 rings (SSSR count). The van der Waals surface area contributed by atoms with Crippen LogP contribution in [0.2, 0.25) is 5.02 Å². The van der Waals surface area contributed by atoms with Gasteiger partial charge in [-0.3, -0.25) is 14.3 Å². The molecule has 1 heterocycles. The Kier molecular flexibility index (Phi) is 4.81. The van der Waals surface area contributed by atoms with Crippen LogP contribution in [0, 0.1) is 13.8 Å². The Labute approximate surface area is 151 Å². The highest BCUT2D eigenvalue weighted by atomic mass is 35.5. The van der Waals surface area contributed by atoms with E-state index in [4.69, 9.17) is 11.6 Å². The highest BCUT2D eigenvalue weighted by Gasteiger charge is 2.24. The van der Waals surface area contributed by atoms with Crippen LogP contribution >= 0.6 is 11.6 Å². The molecule has 132 valence electrons. The number of anilines is 1. The Morgan fingerprint density at radius 3 is 2.60 bits per heavy atom. The van der Waals surface area contributed by atoms with Gasteiger partial charge in [-0.15, -0.1) is 0 Å². The van der Waals surface area contributed by atoms with Gasteiger partial charge in [0, 0.05) is 30.0 Å². The molecule has 25 heavy (non-hydrogen) atoms. The Bertz CT molecular complexity index is 840. The van der Waals surface area contributed by atoms with Crippen molar-refractivity contribution in [3.05, 3.63) is 45.7 Å². The van der Waals surface area contributed by atoms with Crippen LogP contribution in [0.15, 0.2) is 18.2 Å². The fourth-order valence-electron chi connectivity index (χ4n) is 2.71. The van der Waals surface area contributed by atoms with Gasteiger partial charge >= 0.3 is 0 Å². The van der Waals surface area contributed by atoms with Gasteiger partial charge in [0.25, 0.3) is 5.91 Å². The van der Waals surface area contributed by atoms with Crippen molar-refractivity contribution < 1.29 is 9.59 Å². The van der Waals surface area contributed by atoms with Crippen LogP contribution in [0.1, 0.15) is 40.2 Å². The third kappa shape index (κ3) is 4.02. The molecule has 1 saturated carbocycles. The molecule has 7 heteroatoms.